The minimum Gasteiger partial charge on any atom is -0.493 e. The Balaban J connectivity index is 1.68. The molecule has 0 saturated carbocycles. The maximum absolute atomic E-state index is 12.8. The van der Waals surface area contributed by atoms with Gasteiger partial charge in [-0.25, -0.2) is 4.79 Å². The summed E-state index contributed by atoms with van der Waals surface area (Å²) in [6.07, 6.45) is 0. The SMILES string of the molecule is CCOC(=O)C1=C(C)Nc2nnnn2C1c1ccc(OCc2cccc(Br)c2)c(OC)c1. The standard InChI is InChI=1S/C22H22BrN5O4/c1-4-31-21(29)19-13(2)24-22-25-26-27-28(22)20(19)15-8-9-17(18(11-15)30-3)32-12-14-6-5-7-16(23)10-14/h5-11,20H,4,12H2,1-3H3,(H,24,25,27). The minimum absolute atomic E-state index is 0.260. The number of hydrogen-bond acceptors (Lipinski definition) is 8. The van der Waals surface area contributed by atoms with E-state index in [0.29, 0.717) is 35.3 Å². The maximum atomic E-state index is 12.8. The quantitative estimate of drug-likeness (QED) is 0.488. The molecule has 1 aliphatic rings. The van der Waals surface area contributed by atoms with Gasteiger partial charge >= 0.3 is 5.97 Å². The van der Waals surface area contributed by atoms with Crippen LogP contribution in [0.4, 0.5) is 5.95 Å². The molecule has 1 unspecified atom stereocenters. The van der Waals surface area contributed by atoms with E-state index in [1.54, 1.807) is 25.6 Å². The van der Waals surface area contributed by atoms with Gasteiger partial charge in [0.1, 0.15) is 12.6 Å². The van der Waals surface area contributed by atoms with Crippen LogP contribution < -0.4 is 14.8 Å². The van der Waals surface area contributed by atoms with Gasteiger partial charge in [-0.1, -0.05) is 39.2 Å². The highest BCUT2D eigenvalue weighted by Crippen LogP contribution is 2.38. The van der Waals surface area contributed by atoms with Crippen LogP contribution in [0.2, 0.25) is 0 Å². The molecule has 1 aromatic heterocycles. The van der Waals surface area contributed by atoms with Crippen LogP contribution in [0, 0.1) is 0 Å². The van der Waals surface area contributed by atoms with Crippen LogP contribution in [0.15, 0.2) is 58.2 Å². The molecule has 2 heterocycles. The van der Waals surface area contributed by atoms with Crippen molar-refractivity contribution in [2.24, 2.45) is 0 Å². The fraction of sp³-hybridized carbons (Fsp3) is 0.273. The number of anilines is 1. The normalized spacial score (nSPS) is 15.1. The molecule has 3 aromatic rings. The number of tetrazole rings is 1. The number of rotatable bonds is 7. The van der Waals surface area contributed by atoms with Gasteiger partial charge in [-0.15, -0.1) is 0 Å². The Kier molecular flexibility index (Phi) is 6.40. The van der Waals surface area contributed by atoms with Crippen molar-refractivity contribution in [3.05, 3.63) is 69.3 Å². The first-order chi connectivity index (χ1) is 15.5. The van der Waals surface area contributed by atoms with Crippen LogP contribution in [0.1, 0.15) is 31.0 Å². The molecule has 0 spiro atoms. The number of carbonyl (C=O) groups is 1. The van der Waals surface area contributed by atoms with Crippen molar-refractivity contribution < 1.29 is 19.0 Å². The molecule has 0 aliphatic carbocycles. The zero-order valence-corrected chi connectivity index (χ0v) is 19.4. The van der Waals surface area contributed by atoms with Crippen LogP contribution in [-0.4, -0.2) is 39.9 Å². The van der Waals surface area contributed by atoms with E-state index in [1.165, 1.54) is 0 Å². The number of benzene rings is 2. The predicted octanol–water partition coefficient (Wildman–Crippen LogP) is 3.88. The van der Waals surface area contributed by atoms with Crippen LogP contribution in [0.5, 0.6) is 11.5 Å². The highest BCUT2D eigenvalue weighted by molar-refractivity contribution is 9.10. The van der Waals surface area contributed by atoms with Gasteiger partial charge in [0.25, 0.3) is 0 Å². The molecule has 0 amide bonds. The molecule has 32 heavy (non-hydrogen) atoms. The molecule has 9 nitrogen and oxygen atoms in total. The average Bonchev–Trinajstić information content (AvgIpc) is 3.25. The summed E-state index contributed by atoms with van der Waals surface area (Å²) in [6, 6.07) is 12.8. The van der Waals surface area contributed by atoms with Gasteiger partial charge in [0, 0.05) is 10.2 Å². The molecule has 2 aromatic carbocycles. The number of fused-ring (bicyclic) bond motifs is 1. The van der Waals surface area contributed by atoms with Crippen molar-refractivity contribution in [3.8, 4) is 11.5 Å². The number of methoxy groups -OCH3 is 1. The molecular formula is C22H22BrN5O4. The minimum atomic E-state index is -0.576. The second-order valence-corrected chi connectivity index (χ2v) is 7.98. The van der Waals surface area contributed by atoms with E-state index in [9.17, 15) is 4.79 Å². The van der Waals surface area contributed by atoms with Crippen molar-refractivity contribution >= 4 is 27.8 Å². The Labute approximate surface area is 193 Å². The number of aromatic nitrogens is 4. The topological polar surface area (TPSA) is 100 Å². The maximum Gasteiger partial charge on any atom is 0.338 e. The van der Waals surface area contributed by atoms with Gasteiger partial charge in [-0.05, 0) is 59.7 Å². The summed E-state index contributed by atoms with van der Waals surface area (Å²) < 4.78 is 19.4. The Bertz CT molecular complexity index is 1180. The fourth-order valence-electron chi connectivity index (χ4n) is 3.56. The van der Waals surface area contributed by atoms with Crippen molar-refractivity contribution in [1.29, 1.82) is 0 Å². The highest BCUT2D eigenvalue weighted by Gasteiger charge is 2.35. The van der Waals surface area contributed by atoms with Gasteiger partial charge in [0.05, 0.1) is 19.3 Å². The molecular weight excluding hydrogens is 478 g/mol. The second-order valence-electron chi connectivity index (χ2n) is 7.06. The number of nitrogens with one attached hydrogen (secondary N) is 1. The lowest BCUT2D eigenvalue weighted by Crippen LogP contribution is -2.29. The smallest absolute Gasteiger partial charge is 0.338 e. The van der Waals surface area contributed by atoms with Gasteiger partial charge in [0.15, 0.2) is 11.5 Å². The number of nitrogens with zero attached hydrogens (tertiary/aromatic N) is 4. The Hall–Kier alpha value is -3.40. The van der Waals surface area contributed by atoms with E-state index in [-0.39, 0.29) is 6.61 Å². The molecule has 1 aliphatic heterocycles. The third kappa shape index (κ3) is 4.31. The lowest BCUT2D eigenvalue weighted by Gasteiger charge is -2.27. The van der Waals surface area contributed by atoms with E-state index in [0.717, 1.165) is 15.6 Å². The van der Waals surface area contributed by atoms with Crippen molar-refractivity contribution in [2.75, 3.05) is 19.0 Å². The Morgan fingerprint density at radius 3 is 2.81 bits per heavy atom. The summed E-state index contributed by atoms with van der Waals surface area (Å²) in [5, 5.41) is 14.9. The van der Waals surface area contributed by atoms with Gasteiger partial charge in [-0.3, -0.25) is 0 Å². The molecule has 4 rings (SSSR count). The van der Waals surface area contributed by atoms with E-state index in [1.807, 2.05) is 42.5 Å². The van der Waals surface area contributed by atoms with E-state index in [2.05, 4.69) is 36.8 Å². The number of ether oxygens (including phenoxy) is 3. The van der Waals surface area contributed by atoms with Crippen molar-refractivity contribution in [2.45, 2.75) is 26.5 Å². The van der Waals surface area contributed by atoms with Gasteiger partial charge in [-0.2, -0.15) is 4.68 Å². The molecule has 10 heteroatoms. The first-order valence-electron chi connectivity index (χ1n) is 9.99. The van der Waals surface area contributed by atoms with E-state index < -0.39 is 12.0 Å². The first kappa shape index (κ1) is 21.8. The third-order valence-electron chi connectivity index (χ3n) is 5.00. The summed E-state index contributed by atoms with van der Waals surface area (Å²) in [6.45, 7) is 4.20. The molecule has 0 radical (unpaired) electrons. The lowest BCUT2D eigenvalue weighted by molar-refractivity contribution is -0.139. The Morgan fingerprint density at radius 1 is 1.22 bits per heavy atom. The molecule has 166 valence electrons. The van der Waals surface area contributed by atoms with Crippen LogP contribution in [0.25, 0.3) is 0 Å². The van der Waals surface area contributed by atoms with E-state index >= 15 is 0 Å². The van der Waals surface area contributed by atoms with Crippen molar-refractivity contribution in [1.82, 2.24) is 20.2 Å². The average molecular weight is 500 g/mol. The fourth-order valence-corrected chi connectivity index (χ4v) is 4.00. The van der Waals surface area contributed by atoms with Crippen molar-refractivity contribution in [3.63, 3.8) is 0 Å². The van der Waals surface area contributed by atoms with Crippen LogP contribution >= 0.6 is 15.9 Å². The molecule has 1 atom stereocenters. The zero-order valence-electron chi connectivity index (χ0n) is 17.8. The lowest BCUT2D eigenvalue weighted by atomic mass is 9.95. The number of carbonyl (C=O) groups excluding carboxylic acids is 1. The summed E-state index contributed by atoms with van der Waals surface area (Å²) in [5.74, 6) is 1.12. The number of halogens is 1. The molecule has 0 fully saturated rings. The number of esters is 1. The van der Waals surface area contributed by atoms with Gasteiger partial charge < -0.3 is 19.5 Å². The summed E-state index contributed by atoms with van der Waals surface area (Å²) in [4.78, 5) is 12.8. The first-order valence-corrected chi connectivity index (χ1v) is 10.8. The van der Waals surface area contributed by atoms with Crippen LogP contribution in [0.3, 0.4) is 0 Å². The monoisotopic (exact) mass is 499 g/mol. The summed E-state index contributed by atoms with van der Waals surface area (Å²) in [5.41, 5.74) is 2.83. The highest BCUT2D eigenvalue weighted by atomic mass is 79.9. The Morgan fingerprint density at radius 2 is 2.06 bits per heavy atom. The molecule has 1 N–H and O–H groups in total. The second kappa shape index (κ2) is 9.39. The summed E-state index contributed by atoms with van der Waals surface area (Å²) >= 11 is 3.47. The largest absolute Gasteiger partial charge is 0.493 e. The zero-order chi connectivity index (χ0) is 22.7. The van der Waals surface area contributed by atoms with Crippen LogP contribution in [-0.2, 0) is 16.1 Å². The third-order valence-corrected chi connectivity index (χ3v) is 5.49. The number of allylic oxidation sites excluding steroid dienone is 1. The molecule has 0 saturated heterocycles. The summed E-state index contributed by atoms with van der Waals surface area (Å²) in [7, 11) is 1.57. The molecule has 0 bridgehead atoms. The van der Waals surface area contributed by atoms with Gasteiger partial charge in [0.2, 0.25) is 5.95 Å². The van der Waals surface area contributed by atoms with E-state index in [4.69, 9.17) is 14.2 Å². The number of hydrogen-bond donors (Lipinski definition) is 1. The predicted molar refractivity (Wildman–Crippen MR) is 120 cm³/mol.